The summed E-state index contributed by atoms with van der Waals surface area (Å²) in [6.45, 7) is 4.15. The van der Waals surface area contributed by atoms with E-state index in [9.17, 15) is 0 Å². The zero-order chi connectivity index (χ0) is 22.1. The van der Waals surface area contributed by atoms with Gasteiger partial charge in [-0.2, -0.15) is 16.2 Å². The molecule has 3 heterocycles. The Labute approximate surface area is 191 Å². The van der Waals surface area contributed by atoms with Gasteiger partial charge in [-0.1, -0.05) is 61.9 Å². The van der Waals surface area contributed by atoms with Crippen LogP contribution in [0.3, 0.4) is 0 Å². The summed E-state index contributed by atoms with van der Waals surface area (Å²) in [6.07, 6.45) is 2.69. The number of benzene rings is 2. The largest absolute Gasteiger partial charge is 0.256 e. The van der Waals surface area contributed by atoms with Crippen LogP contribution >= 0.6 is 12.2 Å². The molecule has 9 heteroatoms. The Morgan fingerprint density at radius 2 is 1.78 bits per heavy atom. The van der Waals surface area contributed by atoms with E-state index < -0.39 is 0 Å². The van der Waals surface area contributed by atoms with Crippen LogP contribution in [0.1, 0.15) is 47.7 Å². The average Bonchev–Trinajstić information content (AvgIpc) is 3.48. The molecule has 0 unspecified atom stereocenters. The predicted octanol–water partition coefficient (Wildman–Crippen LogP) is 3.42. The lowest BCUT2D eigenvalue weighted by atomic mass is 9.95. The quantitative estimate of drug-likeness (QED) is 0.290. The highest BCUT2D eigenvalue weighted by Crippen LogP contribution is 2.29. The van der Waals surface area contributed by atoms with Gasteiger partial charge < -0.3 is 0 Å². The molecule has 0 atom stereocenters. The molecule has 1 fully saturated rings. The first kappa shape index (κ1) is 20.9. The Hall–Kier alpha value is -2.95. The van der Waals surface area contributed by atoms with Crippen molar-refractivity contribution in [3.63, 3.8) is 0 Å². The maximum atomic E-state index is 5.42. The molecule has 2 aromatic heterocycles. The van der Waals surface area contributed by atoms with Crippen LogP contribution in [-0.4, -0.2) is 19.6 Å². The van der Waals surface area contributed by atoms with Crippen molar-refractivity contribution in [1.29, 1.82) is 0 Å². The molecular weight excluding hydrogens is 420 g/mol. The molecule has 5 rings (SSSR count). The monoisotopic (exact) mass is 446 g/mol. The van der Waals surface area contributed by atoms with Crippen LogP contribution in [0.15, 0.2) is 48.5 Å². The first-order valence-electron chi connectivity index (χ1n) is 10.8. The molecule has 4 aromatic rings. The van der Waals surface area contributed by atoms with Gasteiger partial charge in [0.2, 0.25) is 4.77 Å². The van der Waals surface area contributed by atoms with E-state index in [4.69, 9.17) is 17.2 Å². The number of nitrogens with one attached hydrogen (secondary N) is 5. The number of nitrogens with zero attached hydrogens (tertiary/aromatic N) is 3. The number of H-pyrrole nitrogens is 1. The van der Waals surface area contributed by atoms with Crippen molar-refractivity contribution < 1.29 is 0 Å². The fourth-order valence-electron chi connectivity index (χ4n) is 4.29. The van der Waals surface area contributed by atoms with Gasteiger partial charge in [0.05, 0.1) is 0 Å². The standard InChI is InChI=1S/C23H26N8S/c1-3-6-20-19(22-27-28-23(32)31(22)14(2)24-20)13-15-9-11-16(12-10-15)17-7-4-5-8-18(17)21-25-29-30-26-21/h4-5,7-12,21,25-26,29-30H,3,6,13H2,1-2H3,(H,28,32). The maximum absolute atomic E-state index is 5.42. The highest BCUT2D eigenvalue weighted by Gasteiger charge is 2.19. The van der Waals surface area contributed by atoms with Gasteiger partial charge in [-0.25, -0.2) is 15.8 Å². The van der Waals surface area contributed by atoms with Gasteiger partial charge in [-0.15, -0.1) is 0 Å². The number of rotatable bonds is 6. The molecular formula is C23H26N8S. The molecule has 0 spiro atoms. The molecule has 0 aliphatic carbocycles. The van der Waals surface area contributed by atoms with Crippen molar-refractivity contribution in [3.8, 4) is 11.1 Å². The van der Waals surface area contributed by atoms with Gasteiger partial charge in [-0.05, 0) is 47.8 Å². The lowest BCUT2D eigenvalue weighted by molar-refractivity contribution is 0.556. The number of fused-ring (bicyclic) bond motifs is 1. The van der Waals surface area contributed by atoms with E-state index in [1.165, 1.54) is 22.3 Å². The molecule has 8 nitrogen and oxygen atoms in total. The molecule has 1 saturated heterocycles. The van der Waals surface area contributed by atoms with E-state index in [0.717, 1.165) is 42.0 Å². The second kappa shape index (κ2) is 8.89. The first-order chi connectivity index (χ1) is 15.7. The summed E-state index contributed by atoms with van der Waals surface area (Å²) >= 11 is 5.42. The molecule has 2 aromatic carbocycles. The minimum absolute atomic E-state index is 0.0151. The van der Waals surface area contributed by atoms with E-state index in [0.29, 0.717) is 4.77 Å². The summed E-state index contributed by atoms with van der Waals surface area (Å²) in [7, 11) is 0. The Bertz CT molecular complexity index is 1300. The minimum atomic E-state index is -0.0151. The van der Waals surface area contributed by atoms with Crippen molar-refractivity contribution in [1.82, 2.24) is 41.5 Å². The third-order valence-corrected chi connectivity index (χ3v) is 6.08. The van der Waals surface area contributed by atoms with Gasteiger partial charge >= 0.3 is 0 Å². The molecule has 0 amide bonds. The summed E-state index contributed by atoms with van der Waals surface area (Å²) in [6, 6.07) is 17.1. The Balaban J connectivity index is 1.49. The van der Waals surface area contributed by atoms with Crippen molar-refractivity contribution >= 4 is 17.9 Å². The smallest absolute Gasteiger partial charge is 0.201 e. The number of hydrazine groups is 3. The van der Waals surface area contributed by atoms with Crippen LogP contribution in [0, 0.1) is 11.7 Å². The number of aromatic amines is 1. The Morgan fingerprint density at radius 1 is 1.03 bits per heavy atom. The highest BCUT2D eigenvalue weighted by atomic mass is 32.1. The lowest BCUT2D eigenvalue weighted by Crippen LogP contribution is -2.33. The SMILES string of the molecule is CCCc1nc(C)n2c(=S)[nH]nc2c1Cc1ccc(-c2ccccc2C2NNNN2)cc1. The summed E-state index contributed by atoms with van der Waals surface area (Å²) < 4.78 is 2.51. The highest BCUT2D eigenvalue weighted by molar-refractivity contribution is 7.71. The van der Waals surface area contributed by atoms with Crippen LogP contribution in [0.4, 0.5) is 0 Å². The van der Waals surface area contributed by atoms with Crippen molar-refractivity contribution in [3.05, 3.63) is 81.5 Å². The minimum Gasteiger partial charge on any atom is -0.256 e. The topological polar surface area (TPSA) is 94.1 Å². The first-order valence-corrected chi connectivity index (χ1v) is 11.2. The third kappa shape index (κ3) is 3.85. The van der Waals surface area contributed by atoms with Crippen molar-refractivity contribution in [2.75, 3.05) is 0 Å². The zero-order valence-corrected chi connectivity index (χ0v) is 18.9. The predicted molar refractivity (Wildman–Crippen MR) is 127 cm³/mol. The summed E-state index contributed by atoms with van der Waals surface area (Å²) in [5, 5.41) is 7.45. The van der Waals surface area contributed by atoms with Crippen LogP contribution in [-0.2, 0) is 12.8 Å². The molecule has 0 radical (unpaired) electrons. The van der Waals surface area contributed by atoms with E-state index in [1.54, 1.807) is 0 Å². The average molecular weight is 447 g/mol. The fourth-order valence-corrected chi connectivity index (χ4v) is 4.56. The second-order valence-corrected chi connectivity index (χ2v) is 8.34. The van der Waals surface area contributed by atoms with Crippen LogP contribution in [0.5, 0.6) is 0 Å². The van der Waals surface area contributed by atoms with Crippen molar-refractivity contribution in [2.24, 2.45) is 0 Å². The van der Waals surface area contributed by atoms with Crippen molar-refractivity contribution in [2.45, 2.75) is 39.3 Å². The van der Waals surface area contributed by atoms with Crippen LogP contribution < -0.4 is 21.9 Å². The van der Waals surface area contributed by atoms with Gasteiger partial charge in [0.25, 0.3) is 0 Å². The number of aryl methyl sites for hydroxylation is 2. The van der Waals surface area contributed by atoms with E-state index >= 15 is 0 Å². The molecule has 32 heavy (non-hydrogen) atoms. The van der Waals surface area contributed by atoms with Gasteiger partial charge in [0.15, 0.2) is 5.65 Å². The zero-order valence-electron chi connectivity index (χ0n) is 18.1. The normalized spacial score (nSPS) is 14.4. The van der Waals surface area contributed by atoms with Crippen LogP contribution in [0.25, 0.3) is 16.8 Å². The second-order valence-electron chi connectivity index (χ2n) is 7.95. The summed E-state index contributed by atoms with van der Waals surface area (Å²) in [5.74, 6) is 0.871. The van der Waals surface area contributed by atoms with Gasteiger partial charge in [-0.3, -0.25) is 9.50 Å². The Kier molecular flexibility index (Phi) is 5.81. The molecule has 164 valence electrons. The number of hydrogen-bond donors (Lipinski definition) is 5. The number of aromatic nitrogens is 4. The maximum Gasteiger partial charge on any atom is 0.201 e. The third-order valence-electron chi connectivity index (χ3n) is 5.81. The van der Waals surface area contributed by atoms with Crippen LogP contribution in [0.2, 0.25) is 0 Å². The van der Waals surface area contributed by atoms with Gasteiger partial charge in [0, 0.05) is 17.7 Å². The molecule has 1 aliphatic rings. The molecule has 1 aliphatic heterocycles. The fraction of sp³-hybridized carbons (Fsp3) is 0.261. The molecule has 0 bridgehead atoms. The Morgan fingerprint density at radius 3 is 2.53 bits per heavy atom. The number of hydrogen-bond acceptors (Lipinski definition) is 7. The van der Waals surface area contributed by atoms with E-state index in [2.05, 4.69) is 87.6 Å². The lowest BCUT2D eigenvalue weighted by Gasteiger charge is -2.15. The summed E-state index contributed by atoms with van der Waals surface area (Å²) in [5.41, 5.74) is 19.9. The molecule has 5 N–H and O–H groups in total. The van der Waals surface area contributed by atoms with E-state index in [1.807, 2.05) is 11.3 Å². The van der Waals surface area contributed by atoms with Gasteiger partial charge in [0.1, 0.15) is 12.0 Å². The van der Waals surface area contributed by atoms with E-state index in [-0.39, 0.29) is 6.17 Å². The molecule has 0 saturated carbocycles. The summed E-state index contributed by atoms with van der Waals surface area (Å²) in [4.78, 5) is 4.85.